The highest BCUT2D eigenvalue weighted by Crippen LogP contribution is 2.60. The van der Waals surface area contributed by atoms with Crippen LogP contribution in [0, 0.1) is 0 Å². The van der Waals surface area contributed by atoms with E-state index in [1.807, 2.05) is 0 Å². The van der Waals surface area contributed by atoms with Crippen molar-refractivity contribution in [1.82, 2.24) is 15.6 Å². The zero-order valence-corrected chi connectivity index (χ0v) is 24.1. The number of rotatable bonds is 11. The zero-order chi connectivity index (χ0) is 36.7. The van der Waals surface area contributed by atoms with Gasteiger partial charge in [0.25, 0.3) is 0 Å². The van der Waals surface area contributed by atoms with Crippen LogP contribution in [-0.2, 0) is 18.9 Å². The van der Waals surface area contributed by atoms with Crippen LogP contribution in [0.5, 0.6) is 0 Å². The van der Waals surface area contributed by atoms with Gasteiger partial charge in [0.2, 0.25) is 0 Å². The lowest BCUT2D eigenvalue weighted by molar-refractivity contribution is -0.440. The lowest BCUT2D eigenvalue weighted by Gasteiger charge is -2.39. The Morgan fingerprint density at radius 2 is 1.33 bits per heavy atom. The van der Waals surface area contributed by atoms with Gasteiger partial charge in [0.1, 0.15) is 28.5 Å². The molecule has 1 atom stereocenters. The number of fused-ring (bicyclic) bond motifs is 1. The monoisotopic (exact) mass is 721 g/mol. The minimum absolute atomic E-state index is 0.0325. The average molecular weight is 721 g/mol. The number of carbonyl (C=O) groups is 2. The number of nitrogens with zero attached hydrogens (tertiary/aromatic N) is 2. The Hall–Kier alpha value is -4.47. The van der Waals surface area contributed by atoms with Crippen molar-refractivity contribution in [2.75, 3.05) is 13.7 Å². The van der Waals surface area contributed by atoms with Crippen molar-refractivity contribution in [3.63, 3.8) is 0 Å². The summed E-state index contributed by atoms with van der Waals surface area (Å²) in [6, 6.07) is 4.31. The molecule has 2 heterocycles. The van der Waals surface area contributed by atoms with Gasteiger partial charge in [-0.2, -0.15) is 57.1 Å². The number of carbonyl (C=O) groups excluding carboxylic acids is 2. The van der Waals surface area contributed by atoms with Crippen LogP contribution in [0.4, 0.5) is 66.7 Å². The molecule has 3 rings (SSSR count). The summed E-state index contributed by atoms with van der Waals surface area (Å²) in [7, 11) is 0.964. The Labute approximate surface area is 258 Å². The van der Waals surface area contributed by atoms with E-state index < -0.39 is 79.2 Å². The molecule has 0 amide bonds. The number of halogens is 13. The quantitative estimate of drug-likeness (QED) is 0.140. The van der Waals surface area contributed by atoms with Gasteiger partial charge in [-0.25, -0.2) is 14.2 Å². The molecule has 1 aliphatic rings. The Morgan fingerprint density at radius 1 is 0.792 bits per heavy atom. The van der Waals surface area contributed by atoms with Crippen LogP contribution in [0.25, 0.3) is 11.0 Å². The second kappa shape index (κ2) is 12.9. The van der Waals surface area contributed by atoms with E-state index in [4.69, 9.17) is 9.47 Å². The van der Waals surface area contributed by atoms with Crippen molar-refractivity contribution >= 4 is 23.3 Å². The van der Waals surface area contributed by atoms with E-state index in [1.54, 1.807) is 0 Å². The van der Waals surface area contributed by atoms with Gasteiger partial charge in [0.05, 0.1) is 25.1 Å². The van der Waals surface area contributed by atoms with Crippen molar-refractivity contribution in [1.29, 1.82) is 0 Å². The van der Waals surface area contributed by atoms with E-state index >= 15 is 0 Å². The van der Waals surface area contributed by atoms with Gasteiger partial charge >= 0.3 is 48.1 Å². The first kappa shape index (κ1) is 38.0. The maximum absolute atomic E-state index is 14.1. The van der Waals surface area contributed by atoms with Crippen LogP contribution in [-0.4, -0.2) is 72.1 Å². The second-order valence-electron chi connectivity index (χ2n) is 9.88. The third kappa shape index (κ3) is 6.49. The molecule has 0 radical (unpaired) electrons. The number of aromatic nitrogens is 2. The number of ether oxygens (including phenoxy) is 4. The summed E-state index contributed by atoms with van der Waals surface area (Å²) in [6.45, 7) is 1.36. The van der Waals surface area contributed by atoms with Crippen LogP contribution >= 0.6 is 0 Å². The Kier molecular flexibility index (Phi) is 10.2. The normalized spacial score (nSPS) is 17.0. The van der Waals surface area contributed by atoms with Gasteiger partial charge in [-0.15, -0.1) is 0 Å². The number of benzene rings is 1. The number of hydrogen-bond donors (Lipinski definition) is 1. The van der Waals surface area contributed by atoms with Crippen LogP contribution in [0.3, 0.4) is 0 Å². The molecule has 0 aliphatic carbocycles. The van der Waals surface area contributed by atoms with Crippen LogP contribution in [0.2, 0.25) is 0 Å². The fourth-order valence-electron chi connectivity index (χ4n) is 4.23. The molecule has 0 spiro atoms. The van der Waals surface area contributed by atoms with Crippen molar-refractivity contribution in [3.05, 3.63) is 46.7 Å². The van der Waals surface area contributed by atoms with Crippen molar-refractivity contribution in [3.8, 4) is 0 Å². The smallest absolute Gasteiger partial charge is 0.437 e. The molecule has 268 valence electrons. The first-order chi connectivity index (χ1) is 21.9. The molecule has 2 aromatic rings. The molecule has 1 aromatic heterocycles. The summed E-state index contributed by atoms with van der Waals surface area (Å²) >= 11 is 0. The Bertz CT molecular complexity index is 1600. The molecule has 1 unspecified atom stereocenters. The summed E-state index contributed by atoms with van der Waals surface area (Å²) < 4.78 is 197. The summed E-state index contributed by atoms with van der Waals surface area (Å²) in [6.07, 6.45) is -14.7. The van der Waals surface area contributed by atoms with Crippen molar-refractivity contribution in [2.45, 2.75) is 68.4 Å². The fourth-order valence-corrected chi connectivity index (χ4v) is 4.23. The summed E-state index contributed by atoms with van der Waals surface area (Å²) in [5.74, 6) is -39.6. The minimum atomic E-state index is -8.03. The van der Waals surface area contributed by atoms with E-state index in [1.165, 1.54) is 32.0 Å². The largest absolute Gasteiger partial charge is 0.513 e. The molecule has 1 aromatic carbocycles. The van der Waals surface area contributed by atoms with E-state index in [-0.39, 0.29) is 33.8 Å². The number of dihydropyridines is 1. The predicted molar refractivity (Wildman–Crippen MR) is 129 cm³/mol. The van der Waals surface area contributed by atoms with Crippen LogP contribution in [0.15, 0.2) is 45.7 Å². The number of methoxy groups -OCH3 is 1. The lowest BCUT2D eigenvalue weighted by Crippen LogP contribution is -2.70. The molecule has 10 nitrogen and oxygen atoms in total. The van der Waals surface area contributed by atoms with Gasteiger partial charge in [0, 0.05) is 12.0 Å². The number of allylic oxidation sites excluding steroid dienone is 2. The van der Waals surface area contributed by atoms with Crippen molar-refractivity contribution in [2.24, 2.45) is 0 Å². The highest BCUT2D eigenvalue weighted by atomic mass is 19.4. The minimum Gasteiger partial charge on any atom is -0.437 e. The van der Waals surface area contributed by atoms with Gasteiger partial charge in [-0.1, -0.05) is 12.1 Å². The average Bonchev–Trinajstić information content (AvgIpc) is 3.46. The van der Waals surface area contributed by atoms with E-state index in [9.17, 15) is 66.7 Å². The van der Waals surface area contributed by atoms with Gasteiger partial charge in [-0.05, 0) is 36.6 Å². The van der Waals surface area contributed by atoms with E-state index in [2.05, 4.69) is 29.7 Å². The molecule has 23 heteroatoms. The topological polar surface area (TPSA) is 122 Å². The third-order valence-electron chi connectivity index (χ3n) is 6.67. The molecular formula is C25H20F13N3O7. The number of nitrogens with one attached hydrogen (secondary N) is 1. The zero-order valence-electron chi connectivity index (χ0n) is 24.1. The summed E-state index contributed by atoms with van der Waals surface area (Å²) in [5, 5.41) is 10.1. The van der Waals surface area contributed by atoms with Crippen LogP contribution in [0.1, 0.15) is 38.2 Å². The molecule has 48 heavy (non-hydrogen) atoms. The van der Waals surface area contributed by atoms with Gasteiger partial charge < -0.3 is 24.3 Å². The third-order valence-corrected chi connectivity index (χ3v) is 6.67. The Morgan fingerprint density at radius 3 is 1.88 bits per heavy atom. The first-order valence-corrected chi connectivity index (χ1v) is 12.8. The molecule has 1 aliphatic heterocycles. The van der Waals surface area contributed by atoms with Crippen molar-refractivity contribution < 1.29 is 90.2 Å². The lowest BCUT2D eigenvalue weighted by atomic mass is 9.89. The predicted octanol–water partition coefficient (Wildman–Crippen LogP) is 7.83. The SMILES string of the molecule is COC(=O)OC1=C(C)NC(C)=C(OC(=O)OCCCC(F)(F)C(F)(F)C(F)(F)C(F)(F)C(F)(F)C(F)(F)F)C1c1cccc2nonc12. The van der Waals surface area contributed by atoms with E-state index in [0.29, 0.717) is 0 Å². The maximum atomic E-state index is 14.1. The van der Waals surface area contributed by atoms with E-state index in [0.717, 1.165) is 7.11 Å². The van der Waals surface area contributed by atoms with Crippen LogP contribution < -0.4 is 5.32 Å². The molecule has 0 saturated heterocycles. The maximum Gasteiger partial charge on any atom is 0.513 e. The Balaban J connectivity index is 1.78. The number of alkyl halides is 13. The standard InChI is InChI=1S/C25H20F13N3O7/c1-10-16(46-18(42)44-3)14(12-6-4-7-13-15(12)41-48-40-13)17(11(2)39-10)47-19(43)45-9-5-8-20(26,27)21(28,29)22(30,31)23(32,33)24(34,35)25(36,37)38/h4,6-7,14,39H,5,8-9H2,1-3H3. The second-order valence-corrected chi connectivity index (χ2v) is 9.88. The first-order valence-electron chi connectivity index (χ1n) is 12.8. The fraction of sp³-hybridized carbons (Fsp3) is 0.520. The molecule has 0 fully saturated rings. The molecular weight excluding hydrogens is 701 g/mol. The summed E-state index contributed by atoms with van der Waals surface area (Å²) in [5.41, 5.74) is 0.555. The van der Waals surface area contributed by atoms with Gasteiger partial charge in [0.15, 0.2) is 0 Å². The highest BCUT2D eigenvalue weighted by molar-refractivity contribution is 5.79. The van der Waals surface area contributed by atoms with Gasteiger partial charge in [-0.3, -0.25) is 0 Å². The highest BCUT2D eigenvalue weighted by Gasteiger charge is 2.90. The summed E-state index contributed by atoms with van der Waals surface area (Å²) in [4.78, 5) is 24.5. The molecule has 0 saturated carbocycles. The number of hydrogen-bond acceptors (Lipinski definition) is 10. The molecule has 0 bridgehead atoms. The molecule has 1 N–H and O–H groups in total.